The lowest BCUT2D eigenvalue weighted by atomic mass is 9.78. The van der Waals surface area contributed by atoms with E-state index in [0.29, 0.717) is 18.4 Å². The van der Waals surface area contributed by atoms with Crippen LogP contribution in [0.2, 0.25) is 0 Å². The summed E-state index contributed by atoms with van der Waals surface area (Å²) < 4.78 is 13.1. The molecule has 0 radical (unpaired) electrons. The number of hydrogen-bond donors (Lipinski definition) is 1. The van der Waals surface area contributed by atoms with E-state index in [-0.39, 0.29) is 24.3 Å². The van der Waals surface area contributed by atoms with Crippen LogP contribution in [0.3, 0.4) is 0 Å². The number of nitrogens with one attached hydrogen (secondary N) is 1. The van der Waals surface area contributed by atoms with Gasteiger partial charge in [0.05, 0.1) is 6.04 Å². The summed E-state index contributed by atoms with van der Waals surface area (Å²) in [6.07, 6.45) is 1.04. The van der Waals surface area contributed by atoms with Gasteiger partial charge in [0.2, 0.25) is 12.7 Å². The third-order valence-corrected chi connectivity index (χ3v) is 6.31. The second kappa shape index (κ2) is 7.22. The van der Waals surface area contributed by atoms with Crippen molar-refractivity contribution >= 4 is 5.91 Å². The van der Waals surface area contributed by atoms with Crippen LogP contribution < -0.4 is 20.3 Å². The summed E-state index contributed by atoms with van der Waals surface area (Å²) in [6.45, 7) is 4.83. The van der Waals surface area contributed by atoms with Crippen molar-refractivity contribution in [3.63, 3.8) is 0 Å². The van der Waals surface area contributed by atoms with Gasteiger partial charge in [-0.1, -0.05) is 18.2 Å². The Morgan fingerprint density at radius 1 is 1.17 bits per heavy atom. The van der Waals surface area contributed by atoms with E-state index >= 15 is 0 Å². The Morgan fingerprint density at radius 3 is 2.90 bits per heavy atom. The lowest BCUT2D eigenvalue weighted by molar-refractivity contribution is -0.119. The molecule has 7 nitrogen and oxygen atoms in total. The number of amides is 1. The minimum absolute atomic E-state index is 0.0208. The number of rotatable bonds is 4. The fraction of sp³-hybridized carbons (Fsp3) is 0.455. The molecule has 0 saturated carbocycles. The first kappa shape index (κ1) is 18.2. The van der Waals surface area contributed by atoms with Gasteiger partial charge in [0.1, 0.15) is 0 Å². The number of hydrogen-bond acceptors (Lipinski definition) is 5. The minimum Gasteiger partial charge on any atom is -0.454 e. The van der Waals surface area contributed by atoms with Gasteiger partial charge < -0.3 is 19.4 Å². The topological polar surface area (TPSA) is 72.8 Å². The fourth-order valence-electron chi connectivity index (χ4n) is 5.13. The summed E-state index contributed by atoms with van der Waals surface area (Å²) in [5, 5.41) is 2.93. The van der Waals surface area contributed by atoms with Crippen LogP contribution in [0.1, 0.15) is 36.6 Å². The van der Waals surface area contributed by atoms with Gasteiger partial charge in [-0.2, -0.15) is 0 Å². The number of ether oxygens (including phenoxy) is 2. The molecule has 0 unspecified atom stereocenters. The van der Waals surface area contributed by atoms with Crippen LogP contribution in [0, 0.1) is 5.92 Å². The monoisotopic (exact) mass is 395 g/mol. The minimum atomic E-state index is -0.0673. The summed E-state index contributed by atoms with van der Waals surface area (Å²) in [4.78, 5) is 26.6. The molecule has 29 heavy (non-hydrogen) atoms. The van der Waals surface area contributed by atoms with Gasteiger partial charge in [0, 0.05) is 56.3 Å². The first-order chi connectivity index (χ1) is 14.1. The molecule has 1 aromatic heterocycles. The number of piperidine rings is 1. The number of nitrogens with zero attached hydrogens (tertiary/aromatic N) is 2. The Hall–Kier alpha value is -2.80. The molecule has 2 bridgehead atoms. The number of benzene rings is 1. The van der Waals surface area contributed by atoms with Crippen LogP contribution in [0.25, 0.3) is 0 Å². The molecular formula is C22H25N3O4. The zero-order valence-corrected chi connectivity index (χ0v) is 16.5. The van der Waals surface area contributed by atoms with Crippen molar-refractivity contribution in [1.29, 1.82) is 0 Å². The predicted molar refractivity (Wildman–Crippen MR) is 107 cm³/mol. The van der Waals surface area contributed by atoms with Crippen molar-refractivity contribution in [1.82, 2.24) is 14.8 Å². The molecule has 1 saturated heterocycles. The third kappa shape index (κ3) is 3.29. The highest BCUT2D eigenvalue weighted by Crippen LogP contribution is 2.42. The molecule has 1 amide bonds. The molecule has 1 N–H and O–H groups in total. The van der Waals surface area contributed by atoms with Crippen LogP contribution in [-0.2, 0) is 11.3 Å². The van der Waals surface area contributed by atoms with Gasteiger partial charge in [-0.05, 0) is 24.5 Å². The largest absolute Gasteiger partial charge is 0.454 e. The molecule has 0 spiro atoms. The first-order valence-corrected chi connectivity index (χ1v) is 10.2. The number of pyridine rings is 1. The van der Waals surface area contributed by atoms with Gasteiger partial charge in [-0.15, -0.1) is 0 Å². The number of carbonyl (C=O) groups excluding carboxylic acids is 1. The Labute approximate surface area is 169 Å². The van der Waals surface area contributed by atoms with Crippen LogP contribution in [0.4, 0.5) is 0 Å². The summed E-state index contributed by atoms with van der Waals surface area (Å²) in [7, 11) is 0. The number of likely N-dealkylation sites (tertiary alicyclic amines) is 1. The van der Waals surface area contributed by atoms with Crippen LogP contribution >= 0.6 is 0 Å². The van der Waals surface area contributed by atoms with E-state index in [2.05, 4.69) is 22.3 Å². The standard InChI is InChI=1S/C22H25N3O4/c1-14(26)23-9-19-17-8-16(18-5-3-7-21(27)25(18)19)11-24(12-17)10-15-4-2-6-20-22(15)29-13-28-20/h2-7,16-17,19H,8-13H2,1H3,(H,23,26)/t16-,17+,19+/m1/s1. The SMILES string of the molecule is CC(=O)NC[C@H]1[C@H]2C[C@H](CN(Cc3cccc4c3OCO4)C2)c2cccc(=O)n21. The number of fused-ring (bicyclic) bond motifs is 5. The first-order valence-electron chi connectivity index (χ1n) is 10.2. The maximum atomic E-state index is 12.7. The van der Waals surface area contributed by atoms with Crippen LogP contribution in [0.15, 0.2) is 41.2 Å². The lowest BCUT2D eigenvalue weighted by Gasteiger charge is -2.47. The van der Waals surface area contributed by atoms with E-state index in [9.17, 15) is 9.59 Å². The second-order valence-corrected chi connectivity index (χ2v) is 8.20. The highest BCUT2D eigenvalue weighted by atomic mass is 16.7. The van der Waals surface area contributed by atoms with Crippen molar-refractivity contribution in [2.45, 2.75) is 31.8 Å². The van der Waals surface area contributed by atoms with Gasteiger partial charge in [-0.3, -0.25) is 14.5 Å². The Bertz CT molecular complexity index is 1000. The van der Waals surface area contributed by atoms with Gasteiger partial charge in [-0.25, -0.2) is 0 Å². The lowest BCUT2D eigenvalue weighted by Crippen LogP contribution is -2.51. The zero-order valence-electron chi connectivity index (χ0n) is 16.5. The smallest absolute Gasteiger partial charge is 0.251 e. The molecule has 1 fully saturated rings. The van der Waals surface area contributed by atoms with Crippen molar-refractivity contribution in [3.8, 4) is 11.5 Å². The molecule has 0 aliphatic carbocycles. The average Bonchev–Trinajstić information content (AvgIpc) is 3.18. The molecule has 7 heteroatoms. The highest BCUT2D eigenvalue weighted by Gasteiger charge is 2.40. The van der Waals surface area contributed by atoms with Crippen molar-refractivity contribution < 1.29 is 14.3 Å². The van der Waals surface area contributed by atoms with Gasteiger partial charge in [0.25, 0.3) is 5.56 Å². The van der Waals surface area contributed by atoms with Gasteiger partial charge in [0.15, 0.2) is 11.5 Å². The van der Waals surface area contributed by atoms with Crippen LogP contribution in [0.5, 0.6) is 11.5 Å². The highest BCUT2D eigenvalue weighted by molar-refractivity contribution is 5.72. The van der Waals surface area contributed by atoms with E-state index in [1.165, 1.54) is 6.92 Å². The summed E-state index contributed by atoms with van der Waals surface area (Å²) in [5.41, 5.74) is 2.22. The number of aromatic nitrogens is 1. The maximum absolute atomic E-state index is 12.7. The summed E-state index contributed by atoms with van der Waals surface area (Å²) >= 11 is 0. The van der Waals surface area contributed by atoms with E-state index in [4.69, 9.17) is 9.47 Å². The number of carbonyl (C=O) groups is 1. The quantitative estimate of drug-likeness (QED) is 0.856. The van der Waals surface area contributed by atoms with E-state index in [0.717, 1.165) is 48.8 Å². The second-order valence-electron chi connectivity index (χ2n) is 8.20. The zero-order chi connectivity index (χ0) is 20.0. The Kier molecular flexibility index (Phi) is 4.54. The molecule has 2 aromatic rings. The molecule has 1 aromatic carbocycles. The van der Waals surface area contributed by atoms with Crippen molar-refractivity contribution in [3.05, 3.63) is 58.0 Å². The van der Waals surface area contributed by atoms with Crippen LogP contribution in [-0.4, -0.2) is 41.8 Å². The summed E-state index contributed by atoms with van der Waals surface area (Å²) in [5.74, 6) is 2.20. The average molecular weight is 395 g/mol. The molecule has 5 rings (SSSR count). The number of para-hydroxylation sites is 1. The Balaban J connectivity index is 1.44. The van der Waals surface area contributed by atoms with Crippen molar-refractivity contribution in [2.24, 2.45) is 5.92 Å². The molecular weight excluding hydrogens is 370 g/mol. The third-order valence-electron chi connectivity index (χ3n) is 6.31. The van der Waals surface area contributed by atoms with E-state index in [1.807, 2.05) is 22.8 Å². The fourth-order valence-corrected chi connectivity index (χ4v) is 5.13. The normalized spacial score (nSPS) is 24.8. The van der Waals surface area contributed by atoms with E-state index < -0.39 is 0 Å². The predicted octanol–water partition coefficient (Wildman–Crippen LogP) is 1.87. The van der Waals surface area contributed by atoms with E-state index in [1.54, 1.807) is 6.07 Å². The molecule has 3 atom stereocenters. The van der Waals surface area contributed by atoms with Gasteiger partial charge >= 0.3 is 0 Å². The molecule has 3 aliphatic heterocycles. The molecule has 4 heterocycles. The molecule has 152 valence electrons. The maximum Gasteiger partial charge on any atom is 0.251 e. The Morgan fingerprint density at radius 2 is 2.03 bits per heavy atom. The van der Waals surface area contributed by atoms with Crippen molar-refractivity contribution in [2.75, 3.05) is 26.4 Å². The molecule has 3 aliphatic rings. The summed E-state index contributed by atoms with van der Waals surface area (Å²) in [6, 6.07) is 11.5.